The number of hydrogen-bond donors (Lipinski definition) is 1. The maximum atomic E-state index is 8.21. The monoisotopic (exact) mass is 89.1 g/mol. The van der Waals surface area contributed by atoms with Gasteiger partial charge in [0, 0.05) is 0 Å². The topological polar surface area (TPSA) is 22.9 Å². The van der Waals surface area contributed by atoms with Crippen LogP contribution < -0.4 is 0 Å². The first-order valence-electron chi connectivity index (χ1n) is 2.18. The van der Waals surface area contributed by atoms with Crippen LogP contribution in [0.25, 0.3) is 0 Å². The van der Waals surface area contributed by atoms with E-state index in [0.717, 1.165) is 19.8 Å². The molecule has 0 aromatic heterocycles. The summed E-state index contributed by atoms with van der Waals surface area (Å²) in [5.74, 6) is 0. The molecule has 0 spiro atoms. The lowest BCUT2D eigenvalue weighted by Gasteiger charge is -1.86. The van der Waals surface area contributed by atoms with Crippen LogP contribution in [0.15, 0.2) is 0 Å². The van der Waals surface area contributed by atoms with Gasteiger partial charge in [-0.1, -0.05) is 0 Å². The van der Waals surface area contributed by atoms with Crippen LogP contribution in [0.1, 0.15) is 0 Å². The molecule has 1 heterocycles. The minimum absolute atomic E-state index is 0.282. The first-order chi connectivity index (χ1) is 2.93. The molecule has 0 radical (unpaired) electrons. The summed E-state index contributed by atoms with van der Waals surface area (Å²) in [5, 5.41) is 8.21. The lowest BCUT2D eigenvalue weighted by atomic mass is 10.8. The van der Waals surface area contributed by atoms with Gasteiger partial charge in [-0.15, -0.1) is 0 Å². The molecule has 0 saturated carbocycles. The zero-order valence-electron chi connectivity index (χ0n) is 3.68. The Hall–Kier alpha value is -0.0800. The zero-order valence-corrected chi connectivity index (χ0v) is 3.68. The van der Waals surface area contributed by atoms with Crippen LogP contribution in [0.3, 0.4) is 0 Å². The van der Waals surface area contributed by atoms with Crippen molar-refractivity contribution in [3.63, 3.8) is 0 Å². The molecule has 0 amide bonds. The van der Waals surface area contributed by atoms with Crippen molar-refractivity contribution in [3.8, 4) is 0 Å². The number of rotatable bonds is 2. The summed E-state index contributed by atoms with van der Waals surface area (Å²) < 4.78 is 2.82. The van der Waals surface area contributed by atoms with Gasteiger partial charge >= 0.3 is 0 Å². The van der Waals surface area contributed by atoms with Crippen molar-refractivity contribution in [1.82, 2.24) is 0 Å². The van der Waals surface area contributed by atoms with Gasteiger partial charge in [-0.25, -0.2) is 0 Å². The van der Waals surface area contributed by atoms with Crippen LogP contribution >= 0.6 is 0 Å². The maximum absolute atomic E-state index is 8.21. The molecule has 1 N–H and O–H groups in total. The molecule has 0 aromatic carbocycles. The predicted molar refractivity (Wildman–Crippen MR) is 22.8 cm³/mol. The molecule has 0 bridgehead atoms. The Balaban J connectivity index is 1.88. The Morgan fingerprint density at radius 3 is 2.33 bits per heavy atom. The minimum atomic E-state index is 0.282. The number of hydrogen-bond acceptors (Lipinski definition) is 1. The highest BCUT2D eigenvalue weighted by Gasteiger charge is 2.23. The van der Waals surface area contributed by atoms with E-state index in [4.69, 9.17) is 5.11 Å². The fourth-order valence-electron chi connectivity index (χ4n) is 0.392. The van der Waals surface area contributed by atoms with E-state index in [1.807, 2.05) is 0 Å². The third kappa shape index (κ3) is 0.954. The van der Waals surface area contributed by atoms with Gasteiger partial charge in [0.15, 0.2) is 6.61 Å². The summed E-state index contributed by atoms with van der Waals surface area (Å²) >= 11 is 0. The van der Waals surface area contributed by atoms with E-state index in [1.54, 1.807) is 0 Å². The molecule has 1 saturated heterocycles. The number of aliphatic hydroxyl groups excluding tert-OH is 1. The normalized spacial score (nSPS) is 21.5. The lowest BCUT2D eigenvalue weighted by molar-refractivity contribution is 0.0467. The Labute approximate surface area is 37.1 Å². The van der Waals surface area contributed by atoms with Gasteiger partial charge in [0.25, 0.3) is 0 Å². The second kappa shape index (κ2) is 1.58. The van der Waals surface area contributed by atoms with Crippen molar-refractivity contribution in [2.75, 3.05) is 26.4 Å². The van der Waals surface area contributed by atoms with Crippen LogP contribution in [-0.2, 0) is 4.37 Å². The third-order valence-corrected chi connectivity index (χ3v) is 0.873. The van der Waals surface area contributed by atoms with E-state index >= 15 is 0 Å². The second-order valence-corrected chi connectivity index (χ2v) is 1.45. The van der Waals surface area contributed by atoms with Crippen LogP contribution in [0.2, 0.25) is 0 Å². The largest absolute Gasteiger partial charge is 0.409 e. The van der Waals surface area contributed by atoms with Gasteiger partial charge < -0.3 is 9.47 Å². The molecular formula is C4H9O2+. The Morgan fingerprint density at radius 2 is 2.17 bits per heavy atom. The number of aliphatic hydroxyl groups is 1. The fourth-order valence-corrected chi connectivity index (χ4v) is 0.392. The summed E-state index contributed by atoms with van der Waals surface area (Å²) in [7, 11) is 0. The Kier molecular flexibility index (Phi) is 1.08. The molecule has 1 rings (SSSR count). The summed E-state index contributed by atoms with van der Waals surface area (Å²) in [5.41, 5.74) is 0. The molecule has 1 aliphatic heterocycles. The molecule has 2 nitrogen and oxygen atoms in total. The van der Waals surface area contributed by atoms with E-state index in [2.05, 4.69) is 4.37 Å². The smallest absolute Gasteiger partial charge is 0.215 e. The predicted octanol–water partition coefficient (Wildman–Crippen LogP) is -0.455. The molecule has 2 heteroatoms. The fraction of sp³-hybridized carbons (Fsp3) is 1.00. The highest BCUT2D eigenvalue weighted by atomic mass is 16.8. The van der Waals surface area contributed by atoms with Crippen LogP contribution in [-0.4, -0.2) is 31.5 Å². The highest BCUT2D eigenvalue weighted by molar-refractivity contribution is 4.54. The quantitative estimate of drug-likeness (QED) is 0.359. The molecule has 0 aromatic rings. The van der Waals surface area contributed by atoms with Crippen molar-refractivity contribution >= 4 is 0 Å². The highest BCUT2D eigenvalue weighted by Crippen LogP contribution is 2.08. The van der Waals surface area contributed by atoms with E-state index in [-0.39, 0.29) is 6.61 Å². The molecule has 1 aliphatic rings. The first-order valence-corrected chi connectivity index (χ1v) is 2.18. The van der Waals surface area contributed by atoms with Crippen LogP contribution in [0, 0.1) is 0 Å². The van der Waals surface area contributed by atoms with Gasteiger partial charge in [0.1, 0.15) is 6.61 Å². The van der Waals surface area contributed by atoms with E-state index in [0.29, 0.717) is 0 Å². The van der Waals surface area contributed by atoms with Gasteiger partial charge in [-0.3, -0.25) is 0 Å². The van der Waals surface area contributed by atoms with E-state index < -0.39 is 0 Å². The third-order valence-electron chi connectivity index (χ3n) is 0.873. The van der Waals surface area contributed by atoms with Crippen molar-refractivity contribution < 1.29 is 9.47 Å². The summed E-state index contributed by atoms with van der Waals surface area (Å²) in [6.45, 7) is 3.30. The van der Waals surface area contributed by atoms with Crippen LogP contribution in [0.5, 0.6) is 0 Å². The van der Waals surface area contributed by atoms with Crippen molar-refractivity contribution in [1.29, 1.82) is 0 Å². The van der Waals surface area contributed by atoms with Gasteiger partial charge in [0.05, 0.1) is 0 Å². The molecular weight excluding hydrogens is 80.0 g/mol. The zero-order chi connectivity index (χ0) is 4.41. The van der Waals surface area contributed by atoms with E-state index in [1.165, 1.54) is 0 Å². The average molecular weight is 89.1 g/mol. The molecule has 1 fully saturated rings. The van der Waals surface area contributed by atoms with Crippen molar-refractivity contribution in [2.45, 2.75) is 0 Å². The Bertz CT molecular complexity index is 40.8. The standard InChI is InChI=1S/C4H9O2/c5-1-2-6-3-4-6/h5H,1-4H2/q+1. The molecule has 0 aliphatic carbocycles. The maximum Gasteiger partial charge on any atom is 0.215 e. The summed E-state index contributed by atoms with van der Waals surface area (Å²) in [6.07, 6.45) is 0. The number of epoxide rings is 1. The van der Waals surface area contributed by atoms with Gasteiger partial charge in [-0.05, 0) is 0 Å². The minimum Gasteiger partial charge on any atom is -0.409 e. The van der Waals surface area contributed by atoms with Crippen molar-refractivity contribution in [2.24, 2.45) is 0 Å². The Morgan fingerprint density at radius 1 is 1.50 bits per heavy atom. The summed E-state index contributed by atoms with van der Waals surface area (Å²) in [6, 6.07) is 0. The van der Waals surface area contributed by atoms with Crippen molar-refractivity contribution in [3.05, 3.63) is 0 Å². The SMILES string of the molecule is OCC[O+]1CC1. The molecule has 0 atom stereocenters. The molecule has 6 heavy (non-hydrogen) atoms. The first kappa shape index (κ1) is 4.09. The molecule has 36 valence electrons. The van der Waals surface area contributed by atoms with Gasteiger partial charge in [-0.2, -0.15) is 0 Å². The lowest BCUT2D eigenvalue weighted by Crippen LogP contribution is -1.95. The van der Waals surface area contributed by atoms with E-state index in [9.17, 15) is 0 Å². The molecule has 0 unspecified atom stereocenters. The summed E-state index contributed by atoms with van der Waals surface area (Å²) in [4.78, 5) is 0. The van der Waals surface area contributed by atoms with Gasteiger partial charge in [0.2, 0.25) is 13.2 Å². The average Bonchev–Trinajstić information content (AvgIpc) is 2.21. The second-order valence-electron chi connectivity index (χ2n) is 1.45. The van der Waals surface area contributed by atoms with Crippen LogP contribution in [0.4, 0.5) is 0 Å².